The molecular formula is C25H36IN5OSi. The van der Waals surface area contributed by atoms with Crippen molar-refractivity contribution in [2.75, 3.05) is 44.7 Å². The van der Waals surface area contributed by atoms with Crippen molar-refractivity contribution in [3.05, 3.63) is 39.2 Å². The lowest BCUT2D eigenvalue weighted by Gasteiger charge is -2.36. The Bertz CT molecular complexity index is 1110. The van der Waals surface area contributed by atoms with E-state index in [1.54, 1.807) is 0 Å². The number of likely N-dealkylation sites (N-methyl/N-ethyl adjacent to an activating group) is 1. The topological polar surface area (TPSA) is 46.4 Å². The number of rotatable bonds is 7. The van der Waals surface area contributed by atoms with E-state index in [-0.39, 0.29) is 0 Å². The molecule has 0 aliphatic carbocycles. The minimum Gasteiger partial charge on any atom is -0.369 e. The lowest BCUT2D eigenvalue weighted by molar-refractivity contribution is 0.0810. The maximum atomic E-state index is 5.93. The van der Waals surface area contributed by atoms with Gasteiger partial charge in [0.15, 0.2) is 5.65 Å². The van der Waals surface area contributed by atoms with Crippen molar-refractivity contribution in [2.24, 2.45) is 0 Å². The highest BCUT2D eigenvalue weighted by atomic mass is 127. The van der Waals surface area contributed by atoms with Gasteiger partial charge in [0.1, 0.15) is 10.4 Å². The summed E-state index contributed by atoms with van der Waals surface area (Å²) < 4.78 is 8.78. The van der Waals surface area contributed by atoms with Crippen LogP contribution in [0.1, 0.15) is 11.1 Å². The average Bonchev–Trinajstić information content (AvgIpc) is 3.06. The molecule has 0 amide bonds. The molecule has 0 bridgehead atoms. The van der Waals surface area contributed by atoms with Crippen molar-refractivity contribution in [3.8, 4) is 11.1 Å². The van der Waals surface area contributed by atoms with E-state index in [0.29, 0.717) is 6.73 Å². The normalized spacial score (nSPS) is 15.5. The molecule has 6 nitrogen and oxygen atoms in total. The molecule has 33 heavy (non-hydrogen) atoms. The predicted molar refractivity (Wildman–Crippen MR) is 149 cm³/mol. The fraction of sp³-hybridized carbons (Fsp3) is 0.520. The van der Waals surface area contributed by atoms with E-state index in [1.165, 1.54) is 22.4 Å². The monoisotopic (exact) mass is 577 g/mol. The molecule has 3 aromatic rings. The van der Waals surface area contributed by atoms with Gasteiger partial charge in [0.2, 0.25) is 0 Å². The van der Waals surface area contributed by atoms with Crippen LogP contribution in [-0.2, 0) is 11.5 Å². The first-order valence-electron chi connectivity index (χ1n) is 11.8. The van der Waals surface area contributed by atoms with Gasteiger partial charge in [-0.25, -0.2) is 9.67 Å². The number of aromatic nitrogens is 3. The van der Waals surface area contributed by atoms with Crippen LogP contribution in [0.3, 0.4) is 0 Å². The summed E-state index contributed by atoms with van der Waals surface area (Å²) in [5.41, 5.74) is 7.28. The number of halogens is 1. The highest BCUT2D eigenvalue weighted by Gasteiger charge is 2.19. The van der Waals surface area contributed by atoms with Crippen molar-refractivity contribution >= 4 is 47.4 Å². The van der Waals surface area contributed by atoms with Crippen molar-refractivity contribution in [1.29, 1.82) is 0 Å². The minimum absolute atomic E-state index is 0.453. The Hall–Kier alpha value is -1.49. The molecule has 0 saturated carbocycles. The summed E-state index contributed by atoms with van der Waals surface area (Å²) in [6.45, 7) is 17.2. The van der Waals surface area contributed by atoms with Gasteiger partial charge in [0, 0.05) is 58.3 Å². The summed E-state index contributed by atoms with van der Waals surface area (Å²) >= 11 is 2.31. The van der Waals surface area contributed by atoms with Gasteiger partial charge in [-0.1, -0.05) is 19.6 Å². The summed E-state index contributed by atoms with van der Waals surface area (Å²) in [6.07, 6.45) is 1.97. The maximum absolute atomic E-state index is 5.93. The van der Waals surface area contributed by atoms with Crippen LogP contribution in [0, 0.1) is 17.5 Å². The highest BCUT2D eigenvalue weighted by Crippen LogP contribution is 2.33. The Balaban J connectivity index is 1.56. The molecule has 0 spiro atoms. The summed E-state index contributed by atoms with van der Waals surface area (Å²) in [5.74, 6) is 0. The molecule has 1 aliphatic heterocycles. The molecule has 2 aromatic heterocycles. The summed E-state index contributed by atoms with van der Waals surface area (Å²) in [4.78, 5) is 9.73. The van der Waals surface area contributed by atoms with Crippen LogP contribution in [0.5, 0.6) is 0 Å². The zero-order valence-electron chi connectivity index (χ0n) is 20.8. The van der Waals surface area contributed by atoms with Crippen LogP contribution in [0.2, 0.25) is 25.7 Å². The predicted octanol–water partition coefficient (Wildman–Crippen LogP) is 5.38. The molecule has 178 valence electrons. The van der Waals surface area contributed by atoms with Crippen LogP contribution in [0.25, 0.3) is 22.2 Å². The fourth-order valence-electron chi connectivity index (χ4n) is 4.45. The Labute approximate surface area is 212 Å². The van der Waals surface area contributed by atoms with Gasteiger partial charge in [0.25, 0.3) is 0 Å². The number of fused-ring (bicyclic) bond motifs is 1. The molecule has 3 heterocycles. The van der Waals surface area contributed by atoms with E-state index < -0.39 is 8.07 Å². The van der Waals surface area contributed by atoms with Gasteiger partial charge in [0.05, 0.1) is 5.39 Å². The molecule has 0 unspecified atom stereocenters. The molecule has 1 aliphatic rings. The van der Waals surface area contributed by atoms with E-state index in [9.17, 15) is 0 Å². The number of hydrogen-bond donors (Lipinski definition) is 0. The first-order valence-corrected chi connectivity index (χ1v) is 16.6. The zero-order valence-corrected chi connectivity index (χ0v) is 23.9. The van der Waals surface area contributed by atoms with E-state index in [2.05, 4.69) is 91.1 Å². The second-order valence-corrected chi connectivity index (χ2v) is 17.1. The molecule has 1 fully saturated rings. The molecular weight excluding hydrogens is 541 g/mol. The lowest BCUT2D eigenvalue weighted by Crippen LogP contribution is -2.45. The minimum atomic E-state index is -1.09. The van der Waals surface area contributed by atoms with Crippen LogP contribution in [-0.4, -0.2) is 67.6 Å². The van der Waals surface area contributed by atoms with Gasteiger partial charge in [-0.3, -0.25) is 0 Å². The van der Waals surface area contributed by atoms with Crippen molar-refractivity contribution in [1.82, 2.24) is 19.7 Å². The Morgan fingerprint density at radius 2 is 1.67 bits per heavy atom. The standard InChI is InChI=1S/C25H36IN5OSi/c1-18-13-20(14-19(2)23(18)30-9-7-29(3)8-10-30)21-15-22-24(26)28-31(25(22)27-16-21)17-32-11-12-33(4,5)6/h13-16H,7-12,17H2,1-6H3. The largest absolute Gasteiger partial charge is 0.369 e. The molecule has 0 N–H and O–H groups in total. The van der Waals surface area contributed by atoms with E-state index in [1.807, 2.05) is 10.9 Å². The maximum Gasteiger partial charge on any atom is 0.161 e. The number of nitrogens with zero attached hydrogens (tertiary/aromatic N) is 5. The Kier molecular flexibility index (Phi) is 7.47. The van der Waals surface area contributed by atoms with Crippen LogP contribution >= 0.6 is 22.6 Å². The zero-order chi connectivity index (χ0) is 23.8. The third-order valence-electron chi connectivity index (χ3n) is 6.40. The third-order valence-corrected chi connectivity index (χ3v) is 8.90. The van der Waals surface area contributed by atoms with Gasteiger partial charge in [-0.15, -0.1) is 0 Å². The number of ether oxygens (including phenoxy) is 1. The van der Waals surface area contributed by atoms with Gasteiger partial charge in [-0.05, 0) is 84.4 Å². The molecule has 0 atom stereocenters. The summed E-state index contributed by atoms with van der Waals surface area (Å²) in [6, 6.07) is 7.99. The molecule has 8 heteroatoms. The second-order valence-electron chi connectivity index (χ2n) is 10.5. The smallest absolute Gasteiger partial charge is 0.161 e. The Morgan fingerprint density at radius 1 is 1.00 bits per heavy atom. The van der Waals surface area contributed by atoms with Crippen molar-refractivity contribution in [2.45, 2.75) is 46.3 Å². The van der Waals surface area contributed by atoms with Gasteiger partial charge in [-0.2, -0.15) is 5.10 Å². The number of piperazine rings is 1. The highest BCUT2D eigenvalue weighted by molar-refractivity contribution is 14.1. The van der Waals surface area contributed by atoms with Crippen molar-refractivity contribution < 1.29 is 4.74 Å². The lowest BCUT2D eigenvalue weighted by atomic mass is 9.98. The molecule has 4 rings (SSSR count). The van der Waals surface area contributed by atoms with Crippen LogP contribution in [0.4, 0.5) is 5.69 Å². The fourth-order valence-corrected chi connectivity index (χ4v) is 5.86. The number of pyridine rings is 1. The van der Waals surface area contributed by atoms with Crippen LogP contribution in [0.15, 0.2) is 24.4 Å². The molecule has 1 aromatic carbocycles. The quantitative estimate of drug-likeness (QED) is 0.214. The first kappa shape index (κ1) is 24.6. The van der Waals surface area contributed by atoms with E-state index in [4.69, 9.17) is 14.8 Å². The number of benzene rings is 1. The average molecular weight is 578 g/mol. The Morgan fingerprint density at radius 3 is 2.30 bits per heavy atom. The second kappa shape index (κ2) is 10.0. The number of aryl methyl sites for hydroxylation is 2. The number of hydrogen-bond acceptors (Lipinski definition) is 5. The third kappa shape index (κ3) is 5.78. The SMILES string of the molecule is Cc1cc(-c2cnc3c(c2)c(I)nn3COCC[Si](C)(C)C)cc(C)c1N1CCN(C)CC1. The summed E-state index contributed by atoms with van der Waals surface area (Å²) in [7, 11) is 1.11. The van der Waals surface area contributed by atoms with Crippen LogP contribution < -0.4 is 4.90 Å². The van der Waals surface area contributed by atoms with Gasteiger partial charge < -0.3 is 14.5 Å². The molecule has 0 radical (unpaired) electrons. The van der Waals surface area contributed by atoms with E-state index >= 15 is 0 Å². The van der Waals surface area contributed by atoms with Crippen molar-refractivity contribution in [3.63, 3.8) is 0 Å². The van der Waals surface area contributed by atoms with E-state index in [0.717, 1.165) is 59.1 Å². The summed E-state index contributed by atoms with van der Waals surface area (Å²) in [5, 5.41) is 5.78. The molecule has 1 saturated heterocycles. The van der Waals surface area contributed by atoms with Gasteiger partial charge >= 0.3 is 0 Å². The number of anilines is 1. The first-order chi connectivity index (χ1) is 15.6.